The van der Waals surface area contributed by atoms with Gasteiger partial charge in [-0.25, -0.2) is 4.98 Å². The third kappa shape index (κ3) is 3.02. The summed E-state index contributed by atoms with van der Waals surface area (Å²) in [5.41, 5.74) is 8.02. The Balaban J connectivity index is 2.12. The van der Waals surface area contributed by atoms with Crippen LogP contribution in [0.15, 0.2) is 30.3 Å². The van der Waals surface area contributed by atoms with Crippen molar-refractivity contribution in [2.75, 3.05) is 11.1 Å². The first kappa shape index (κ1) is 15.8. The van der Waals surface area contributed by atoms with Crippen LogP contribution in [0.2, 0.25) is 0 Å². The minimum Gasteiger partial charge on any atom is -0.383 e. The molecule has 5 heteroatoms. The van der Waals surface area contributed by atoms with Crippen molar-refractivity contribution in [1.82, 2.24) is 4.98 Å². The van der Waals surface area contributed by atoms with E-state index in [1.165, 1.54) is 19.3 Å². The lowest BCUT2D eigenvalue weighted by Gasteiger charge is -2.24. The van der Waals surface area contributed by atoms with Gasteiger partial charge in [0.25, 0.3) is 0 Å². The Morgan fingerprint density at radius 2 is 1.67 bits per heavy atom. The summed E-state index contributed by atoms with van der Waals surface area (Å²) in [5, 5.41) is 22.6. The predicted molar refractivity (Wildman–Crippen MR) is 94.0 cm³/mol. The van der Waals surface area contributed by atoms with Gasteiger partial charge in [-0.05, 0) is 18.4 Å². The normalized spacial score (nSPS) is 14.6. The van der Waals surface area contributed by atoms with Crippen molar-refractivity contribution in [3.05, 3.63) is 41.5 Å². The number of anilines is 2. The van der Waals surface area contributed by atoms with Gasteiger partial charge < -0.3 is 11.1 Å². The maximum absolute atomic E-state index is 9.72. The molecule has 1 aliphatic rings. The molecule has 2 aromatic rings. The highest BCUT2D eigenvalue weighted by atomic mass is 15.0. The summed E-state index contributed by atoms with van der Waals surface area (Å²) in [6.07, 6.45) is 5.73. The van der Waals surface area contributed by atoms with Crippen molar-refractivity contribution in [2.45, 2.75) is 38.1 Å². The molecule has 1 heterocycles. The summed E-state index contributed by atoms with van der Waals surface area (Å²) in [4.78, 5) is 4.32. The van der Waals surface area contributed by atoms with E-state index in [0.29, 0.717) is 23.0 Å². The second-order valence-corrected chi connectivity index (χ2v) is 6.04. The zero-order valence-electron chi connectivity index (χ0n) is 13.4. The third-order valence-electron chi connectivity index (χ3n) is 4.46. The Hall–Kier alpha value is -3.05. The van der Waals surface area contributed by atoms with Gasteiger partial charge in [-0.1, -0.05) is 49.6 Å². The number of aromatic nitrogens is 1. The fraction of sp³-hybridized carbons (Fsp3) is 0.316. The molecule has 1 saturated carbocycles. The highest BCUT2D eigenvalue weighted by Crippen LogP contribution is 2.34. The van der Waals surface area contributed by atoms with Crippen LogP contribution in [-0.2, 0) is 0 Å². The number of pyridine rings is 1. The first-order valence-electron chi connectivity index (χ1n) is 8.20. The standard InChI is InChI=1S/C19H19N5/c20-11-15-17(13-7-3-1-4-8-13)16(12-21)19(24-18(15)22)23-14-9-5-2-6-10-14/h1,3-4,7-8,14H,2,5-6,9-10H2,(H3,22,23,24). The van der Waals surface area contributed by atoms with Crippen molar-refractivity contribution in [1.29, 1.82) is 10.5 Å². The molecule has 0 saturated heterocycles. The molecular formula is C19H19N5. The molecule has 1 aromatic carbocycles. The Morgan fingerprint density at radius 1 is 1.00 bits per heavy atom. The van der Waals surface area contributed by atoms with Gasteiger partial charge >= 0.3 is 0 Å². The molecule has 1 aromatic heterocycles. The summed E-state index contributed by atoms with van der Waals surface area (Å²) in [6.45, 7) is 0. The Morgan fingerprint density at radius 3 is 2.29 bits per heavy atom. The van der Waals surface area contributed by atoms with Crippen molar-refractivity contribution < 1.29 is 0 Å². The van der Waals surface area contributed by atoms with E-state index in [0.717, 1.165) is 18.4 Å². The second kappa shape index (κ2) is 7.02. The van der Waals surface area contributed by atoms with E-state index < -0.39 is 0 Å². The van der Waals surface area contributed by atoms with Gasteiger partial charge in [-0.15, -0.1) is 0 Å². The van der Waals surface area contributed by atoms with Crippen molar-refractivity contribution in [2.24, 2.45) is 0 Å². The van der Waals surface area contributed by atoms with E-state index in [1.54, 1.807) is 0 Å². The predicted octanol–water partition coefficient (Wildman–Crippen LogP) is 3.82. The number of hydrogen-bond donors (Lipinski definition) is 2. The number of nitrogens with one attached hydrogen (secondary N) is 1. The van der Waals surface area contributed by atoms with E-state index in [1.807, 2.05) is 30.3 Å². The number of hydrogen-bond acceptors (Lipinski definition) is 5. The zero-order chi connectivity index (χ0) is 16.9. The molecule has 0 atom stereocenters. The van der Waals surface area contributed by atoms with Crippen LogP contribution in [0.3, 0.4) is 0 Å². The number of nitrogens with two attached hydrogens (primary N) is 1. The Labute approximate surface area is 141 Å². The highest BCUT2D eigenvalue weighted by Gasteiger charge is 2.22. The number of nitrogen functional groups attached to an aromatic ring is 1. The van der Waals surface area contributed by atoms with Crippen LogP contribution in [-0.4, -0.2) is 11.0 Å². The van der Waals surface area contributed by atoms with Crippen LogP contribution in [0.25, 0.3) is 11.1 Å². The number of benzene rings is 1. The van der Waals surface area contributed by atoms with Crippen LogP contribution in [0.4, 0.5) is 11.6 Å². The van der Waals surface area contributed by atoms with Crippen LogP contribution < -0.4 is 11.1 Å². The van der Waals surface area contributed by atoms with Gasteiger partial charge in [-0.2, -0.15) is 10.5 Å². The lowest BCUT2D eigenvalue weighted by molar-refractivity contribution is 0.462. The Bertz CT molecular complexity index is 808. The van der Waals surface area contributed by atoms with Gasteiger partial charge in [-0.3, -0.25) is 0 Å². The largest absolute Gasteiger partial charge is 0.383 e. The summed E-state index contributed by atoms with van der Waals surface area (Å²) in [5.74, 6) is 0.647. The molecule has 3 rings (SSSR count). The molecule has 1 fully saturated rings. The van der Waals surface area contributed by atoms with Crippen LogP contribution in [0.5, 0.6) is 0 Å². The van der Waals surface area contributed by atoms with E-state index in [2.05, 4.69) is 22.4 Å². The molecule has 0 amide bonds. The first-order valence-corrected chi connectivity index (χ1v) is 8.20. The number of nitriles is 2. The lowest BCUT2D eigenvalue weighted by atomic mass is 9.93. The fourth-order valence-corrected chi connectivity index (χ4v) is 3.26. The van der Waals surface area contributed by atoms with Crippen LogP contribution >= 0.6 is 0 Å². The summed E-state index contributed by atoms with van der Waals surface area (Å²) >= 11 is 0. The summed E-state index contributed by atoms with van der Waals surface area (Å²) in [7, 11) is 0. The maximum atomic E-state index is 9.72. The molecule has 0 aliphatic heterocycles. The number of rotatable bonds is 3. The van der Waals surface area contributed by atoms with Gasteiger partial charge in [0.2, 0.25) is 0 Å². The molecule has 5 nitrogen and oxygen atoms in total. The molecule has 0 radical (unpaired) electrons. The van der Waals surface area contributed by atoms with Gasteiger partial charge in [0, 0.05) is 11.6 Å². The van der Waals surface area contributed by atoms with Gasteiger partial charge in [0.05, 0.1) is 0 Å². The zero-order valence-corrected chi connectivity index (χ0v) is 13.4. The molecular weight excluding hydrogens is 298 g/mol. The second-order valence-electron chi connectivity index (χ2n) is 6.04. The molecule has 3 N–H and O–H groups in total. The van der Waals surface area contributed by atoms with Crippen molar-refractivity contribution >= 4 is 11.6 Å². The summed E-state index contributed by atoms with van der Waals surface area (Å²) < 4.78 is 0. The number of nitrogens with zero attached hydrogens (tertiary/aromatic N) is 3. The van der Waals surface area contributed by atoms with E-state index >= 15 is 0 Å². The summed E-state index contributed by atoms with van der Waals surface area (Å²) in [6, 6.07) is 14.0. The lowest BCUT2D eigenvalue weighted by Crippen LogP contribution is -2.24. The average Bonchev–Trinajstić information content (AvgIpc) is 2.63. The minimum absolute atomic E-state index is 0.161. The van der Waals surface area contributed by atoms with E-state index in [4.69, 9.17) is 5.73 Å². The molecule has 1 aliphatic carbocycles. The first-order chi connectivity index (χ1) is 11.7. The quantitative estimate of drug-likeness (QED) is 0.896. The molecule has 0 spiro atoms. The molecule has 0 bridgehead atoms. The van der Waals surface area contributed by atoms with Crippen molar-refractivity contribution in [3.8, 4) is 23.3 Å². The average molecular weight is 317 g/mol. The minimum atomic E-state index is 0.161. The smallest absolute Gasteiger partial charge is 0.147 e. The van der Waals surface area contributed by atoms with Crippen molar-refractivity contribution in [3.63, 3.8) is 0 Å². The maximum Gasteiger partial charge on any atom is 0.147 e. The monoisotopic (exact) mass is 317 g/mol. The highest BCUT2D eigenvalue weighted by molar-refractivity contribution is 5.84. The fourth-order valence-electron chi connectivity index (χ4n) is 3.26. The van der Waals surface area contributed by atoms with E-state index in [9.17, 15) is 10.5 Å². The van der Waals surface area contributed by atoms with Crippen LogP contribution in [0, 0.1) is 22.7 Å². The molecule has 0 unspecified atom stereocenters. The topological polar surface area (TPSA) is 98.5 Å². The Kier molecular flexibility index (Phi) is 4.63. The molecule has 120 valence electrons. The third-order valence-corrected chi connectivity index (χ3v) is 4.46. The SMILES string of the molecule is N#Cc1c(N)nc(NC2CCCCC2)c(C#N)c1-c1ccccc1. The van der Waals surface area contributed by atoms with Gasteiger partial charge in [0.15, 0.2) is 0 Å². The van der Waals surface area contributed by atoms with Crippen LogP contribution in [0.1, 0.15) is 43.2 Å². The van der Waals surface area contributed by atoms with Gasteiger partial charge in [0.1, 0.15) is 34.9 Å². The van der Waals surface area contributed by atoms with E-state index in [-0.39, 0.29) is 11.4 Å². The molecule has 24 heavy (non-hydrogen) atoms.